The normalized spacial score (nSPS) is 24.2. The van der Waals surface area contributed by atoms with Crippen molar-refractivity contribution in [1.82, 2.24) is 10.1 Å². The number of ether oxygens (including phenoxy) is 3. The van der Waals surface area contributed by atoms with Gasteiger partial charge < -0.3 is 28.7 Å². The van der Waals surface area contributed by atoms with Gasteiger partial charge in [-0.15, -0.1) is 0 Å². The molecule has 0 unspecified atom stereocenters. The highest BCUT2D eigenvalue weighted by Gasteiger charge is 2.36. The molecule has 1 fully saturated rings. The molecular weight excluding hydrogens is 316 g/mol. The number of aromatic nitrogens is 1. The number of aliphatic hydroxyl groups excluding tert-OH is 1. The lowest BCUT2D eigenvalue weighted by atomic mass is 10.0. The van der Waals surface area contributed by atoms with Gasteiger partial charge in [-0.2, -0.15) is 0 Å². The van der Waals surface area contributed by atoms with Crippen LogP contribution in [0.2, 0.25) is 0 Å². The van der Waals surface area contributed by atoms with Crippen molar-refractivity contribution in [3.63, 3.8) is 0 Å². The van der Waals surface area contributed by atoms with Crippen LogP contribution in [0, 0.1) is 0 Å². The van der Waals surface area contributed by atoms with E-state index < -0.39 is 18.2 Å². The van der Waals surface area contributed by atoms with Crippen LogP contribution in [0.3, 0.4) is 0 Å². The third-order valence-electron chi connectivity index (χ3n) is 4.02. The van der Waals surface area contributed by atoms with Crippen molar-refractivity contribution in [1.29, 1.82) is 0 Å². The third-order valence-corrected chi connectivity index (χ3v) is 4.02. The molecule has 8 nitrogen and oxygen atoms in total. The summed E-state index contributed by atoms with van der Waals surface area (Å²) >= 11 is 0. The molecule has 2 rings (SSSR count). The number of nitrogens with zero attached hydrogens (tertiary/aromatic N) is 2. The summed E-state index contributed by atoms with van der Waals surface area (Å²) in [5.74, 6) is 0.893. The SMILES string of the molecule is CO[C@@H]1COC[C@@H](N(C)C(=O)CCc2cc(OC(C)C)no2)[C@@H]1O. The van der Waals surface area contributed by atoms with Crippen molar-refractivity contribution in [2.24, 2.45) is 0 Å². The summed E-state index contributed by atoms with van der Waals surface area (Å²) in [7, 11) is 3.17. The van der Waals surface area contributed by atoms with Crippen molar-refractivity contribution in [3.05, 3.63) is 11.8 Å². The van der Waals surface area contributed by atoms with Crippen LogP contribution in [-0.2, 0) is 20.7 Å². The molecule has 1 aliphatic heterocycles. The second-order valence-electron chi connectivity index (χ2n) is 6.17. The lowest BCUT2D eigenvalue weighted by molar-refractivity contribution is -0.158. The molecule has 1 saturated heterocycles. The van der Waals surface area contributed by atoms with E-state index in [-0.39, 0.29) is 25.0 Å². The number of carbonyl (C=O) groups is 1. The molecule has 0 bridgehead atoms. The van der Waals surface area contributed by atoms with E-state index in [0.29, 0.717) is 24.7 Å². The first-order valence-corrected chi connectivity index (χ1v) is 8.09. The highest BCUT2D eigenvalue weighted by atomic mass is 16.5. The molecule has 0 spiro atoms. The average Bonchev–Trinajstić information content (AvgIpc) is 2.98. The first-order chi connectivity index (χ1) is 11.4. The number of rotatable bonds is 7. The Kier molecular flexibility index (Phi) is 6.59. The van der Waals surface area contributed by atoms with E-state index in [9.17, 15) is 9.90 Å². The molecule has 8 heteroatoms. The standard InChI is InChI=1S/C16H26N2O6/c1-10(2)23-14-7-11(24-17-14)5-6-15(19)18(3)12-8-22-9-13(21-4)16(12)20/h7,10,12-13,16,20H,5-6,8-9H2,1-4H3/t12-,13-,16+/m1/s1. The minimum absolute atomic E-state index is 0.0113. The third kappa shape index (κ3) is 4.68. The summed E-state index contributed by atoms with van der Waals surface area (Å²) in [6.07, 6.45) is -0.529. The zero-order valence-electron chi connectivity index (χ0n) is 14.6. The zero-order valence-corrected chi connectivity index (χ0v) is 14.6. The number of amides is 1. The maximum absolute atomic E-state index is 12.4. The fraction of sp³-hybridized carbons (Fsp3) is 0.750. The molecule has 136 valence electrons. The van der Waals surface area contributed by atoms with Crippen LogP contribution >= 0.6 is 0 Å². The molecule has 0 aliphatic carbocycles. The van der Waals surface area contributed by atoms with Crippen molar-refractivity contribution in [3.8, 4) is 5.88 Å². The number of hydrogen-bond donors (Lipinski definition) is 1. The number of hydrogen-bond acceptors (Lipinski definition) is 7. The van der Waals surface area contributed by atoms with Crippen LogP contribution in [0.1, 0.15) is 26.0 Å². The number of carbonyl (C=O) groups excluding carboxylic acids is 1. The molecule has 3 atom stereocenters. The molecule has 2 heterocycles. The Morgan fingerprint density at radius 1 is 1.50 bits per heavy atom. The number of methoxy groups -OCH3 is 1. The highest BCUT2D eigenvalue weighted by molar-refractivity contribution is 5.76. The summed E-state index contributed by atoms with van der Waals surface area (Å²) < 4.78 is 21.2. The Hall–Kier alpha value is -1.64. The van der Waals surface area contributed by atoms with Crippen molar-refractivity contribution < 1.29 is 28.6 Å². The fourth-order valence-electron chi connectivity index (χ4n) is 2.60. The Morgan fingerprint density at radius 2 is 2.25 bits per heavy atom. The first-order valence-electron chi connectivity index (χ1n) is 8.09. The van der Waals surface area contributed by atoms with E-state index in [1.807, 2.05) is 13.8 Å². The highest BCUT2D eigenvalue weighted by Crippen LogP contribution is 2.18. The predicted molar refractivity (Wildman–Crippen MR) is 84.8 cm³/mol. The summed E-state index contributed by atoms with van der Waals surface area (Å²) in [6.45, 7) is 4.42. The second kappa shape index (κ2) is 8.46. The van der Waals surface area contributed by atoms with Gasteiger partial charge in [0.1, 0.15) is 18.0 Å². The average molecular weight is 342 g/mol. The number of aryl methyl sites for hydroxylation is 1. The van der Waals surface area contributed by atoms with E-state index in [0.717, 1.165) is 0 Å². The van der Waals surface area contributed by atoms with Crippen LogP contribution in [-0.4, -0.2) is 72.8 Å². The summed E-state index contributed by atoms with van der Waals surface area (Å²) in [5, 5.41) is 14.1. The molecule has 1 aromatic rings. The molecule has 0 saturated carbocycles. The van der Waals surface area contributed by atoms with Gasteiger partial charge in [-0.3, -0.25) is 4.79 Å². The maximum atomic E-state index is 12.4. The van der Waals surface area contributed by atoms with E-state index in [4.69, 9.17) is 18.7 Å². The van der Waals surface area contributed by atoms with Crippen LogP contribution in [0.4, 0.5) is 0 Å². The van der Waals surface area contributed by atoms with Gasteiger partial charge in [-0.05, 0) is 19.0 Å². The molecule has 0 radical (unpaired) electrons. The van der Waals surface area contributed by atoms with Crippen molar-refractivity contribution in [2.75, 3.05) is 27.4 Å². The smallest absolute Gasteiger partial charge is 0.254 e. The Labute approximate surface area is 141 Å². The quantitative estimate of drug-likeness (QED) is 0.776. The summed E-state index contributed by atoms with van der Waals surface area (Å²) in [4.78, 5) is 13.9. The van der Waals surface area contributed by atoms with E-state index in [2.05, 4.69) is 5.16 Å². The first kappa shape index (κ1) is 18.7. The van der Waals surface area contributed by atoms with E-state index >= 15 is 0 Å². The van der Waals surface area contributed by atoms with Crippen LogP contribution in [0.5, 0.6) is 5.88 Å². The van der Waals surface area contributed by atoms with Gasteiger partial charge in [0.2, 0.25) is 5.91 Å². The number of likely N-dealkylation sites (N-methyl/N-ethyl adjacent to an activating group) is 1. The van der Waals surface area contributed by atoms with Gasteiger partial charge in [-0.25, -0.2) is 0 Å². The van der Waals surface area contributed by atoms with E-state index in [1.54, 1.807) is 13.1 Å². The van der Waals surface area contributed by atoms with Crippen molar-refractivity contribution in [2.45, 2.75) is 51.0 Å². The molecule has 1 aromatic heterocycles. The van der Waals surface area contributed by atoms with Crippen LogP contribution < -0.4 is 4.74 Å². The van der Waals surface area contributed by atoms with E-state index in [1.165, 1.54) is 12.0 Å². The topological polar surface area (TPSA) is 94.3 Å². The van der Waals surface area contributed by atoms with Gasteiger partial charge in [0.25, 0.3) is 5.88 Å². The van der Waals surface area contributed by atoms with Crippen LogP contribution in [0.25, 0.3) is 0 Å². The Bertz CT molecular complexity index is 532. The van der Waals surface area contributed by atoms with Crippen LogP contribution in [0.15, 0.2) is 10.6 Å². The monoisotopic (exact) mass is 342 g/mol. The van der Waals surface area contributed by atoms with Gasteiger partial charge >= 0.3 is 0 Å². The molecule has 1 amide bonds. The van der Waals surface area contributed by atoms with Gasteiger partial charge in [0, 0.05) is 33.1 Å². The lowest BCUT2D eigenvalue weighted by Crippen LogP contribution is -2.56. The second-order valence-corrected chi connectivity index (χ2v) is 6.17. The van der Waals surface area contributed by atoms with Gasteiger partial charge in [-0.1, -0.05) is 0 Å². The lowest BCUT2D eigenvalue weighted by Gasteiger charge is -2.38. The minimum Gasteiger partial charge on any atom is -0.473 e. The number of aliphatic hydroxyl groups is 1. The zero-order chi connectivity index (χ0) is 17.7. The Balaban J connectivity index is 1.86. The van der Waals surface area contributed by atoms with Gasteiger partial charge in [0.05, 0.1) is 25.4 Å². The molecule has 1 aliphatic rings. The molecular formula is C16H26N2O6. The maximum Gasteiger partial charge on any atom is 0.254 e. The summed E-state index contributed by atoms with van der Waals surface area (Å²) in [5.41, 5.74) is 0. The fourth-order valence-corrected chi connectivity index (χ4v) is 2.60. The molecule has 1 N–H and O–H groups in total. The largest absolute Gasteiger partial charge is 0.473 e. The molecule has 0 aromatic carbocycles. The Morgan fingerprint density at radius 3 is 2.92 bits per heavy atom. The van der Waals surface area contributed by atoms with Crippen molar-refractivity contribution >= 4 is 5.91 Å². The summed E-state index contributed by atoms with van der Waals surface area (Å²) in [6, 6.07) is 1.26. The van der Waals surface area contributed by atoms with Gasteiger partial charge in [0.15, 0.2) is 0 Å². The molecule has 24 heavy (non-hydrogen) atoms. The minimum atomic E-state index is -0.769. The predicted octanol–water partition coefficient (Wildman–Crippen LogP) is 0.627.